The summed E-state index contributed by atoms with van der Waals surface area (Å²) in [6.07, 6.45) is 3.58. The molecular formula is C22H20N6O3. The Hall–Kier alpha value is -4.40. The van der Waals surface area contributed by atoms with Crippen LogP contribution in [0.4, 0.5) is 0 Å². The molecule has 4 aromatic rings. The lowest BCUT2D eigenvalue weighted by Crippen LogP contribution is -2.41. The van der Waals surface area contributed by atoms with Crippen LogP contribution in [0, 0.1) is 0 Å². The van der Waals surface area contributed by atoms with E-state index in [-0.39, 0.29) is 5.69 Å². The zero-order valence-corrected chi connectivity index (χ0v) is 16.7. The minimum atomic E-state index is -0.504. The van der Waals surface area contributed by atoms with Gasteiger partial charge >= 0.3 is 0 Å². The number of methoxy groups -OCH3 is 1. The van der Waals surface area contributed by atoms with Crippen LogP contribution in [0.1, 0.15) is 26.4 Å². The van der Waals surface area contributed by atoms with E-state index in [0.29, 0.717) is 17.8 Å². The lowest BCUT2D eigenvalue weighted by Gasteiger charge is -2.07. The van der Waals surface area contributed by atoms with Crippen molar-refractivity contribution in [3.63, 3.8) is 0 Å². The maximum absolute atomic E-state index is 12.3. The van der Waals surface area contributed by atoms with Crippen molar-refractivity contribution in [1.29, 1.82) is 0 Å². The van der Waals surface area contributed by atoms with Crippen LogP contribution in [-0.2, 0) is 6.54 Å². The lowest BCUT2D eigenvalue weighted by atomic mass is 10.1. The van der Waals surface area contributed by atoms with Crippen molar-refractivity contribution in [2.75, 3.05) is 7.11 Å². The molecule has 0 fully saturated rings. The molecule has 2 heterocycles. The third-order valence-corrected chi connectivity index (χ3v) is 4.62. The van der Waals surface area contributed by atoms with Crippen molar-refractivity contribution in [3.8, 4) is 17.0 Å². The molecule has 4 rings (SSSR count). The third kappa shape index (κ3) is 4.78. The number of ether oxygens (including phenoxy) is 1. The van der Waals surface area contributed by atoms with Crippen LogP contribution in [0.5, 0.6) is 5.75 Å². The fourth-order valence-corrected chi connectivity index (χ4v) is 2.94. The Bertz CT molecular complexity index is 1160. The molecule has 9 nitrogen and oxygen atoms in total. The molecule has 0 radical (unpaired) electrons. The number of hydrazine groups is 1. The summed E-state index contributed by atoms with van der Waals surface area (Å²) in [4.78, 5) is 24.6. The summed E-state index contributed by atoms with van der Waals surface area (Å²) in [5, 5.41) is 11.0. The molecule has 0 unspecified atom stereocenters. The number of H-pyrrole nitrogens is 1. The molecule has 2 aromatic heterocycles. The highest BCUT2D eigenvalue weighted by Crippen LogP contribution is 2.21. The summed E-state index contributed by atoms with van der Waals surface area (Å²) in [5.41, 5.74) is 7.88. The first-order valence-corrected chi connectivity index (χ1v) is 9.49. The van der Waals surface area contributed by atoms with E-state index in [1.54, 1.807) is 36.2 Å². The van der Waals surface area contributed by atoms with E-state index in [1.807, 2.05) is 48.7 Å². The van der Waals surface area contributed by atoms with E-state index in [0.717, 1.165) is 16.9 Å². The maximum Gasteiger partial charge on any atom is 0.287 e. The SMILES string of the molecule is COc1ccc(-c2cc(C(=O)NNC(=O)c3ccc(Cn4cccn4)cc3)[nH]n2)cc1. The Balaban J connectivity index is 1.33. The summed E-state index contributed by atoms with van der Waals surface area (Å²) < 4.78 is 6.92. The minimum Gasteiger partial charge on any atom is -0.497 e. The summed E-state index contributed by atoms with van der Waals surface area (Å²) in [6, 6.07) is 17.8. The highest BCUT2D eigenvalue weighted by atomic mass is 16.5. The van der Waals surface area contributed by atoms with Crippen molar-refractivity contribution in [3.05, 3.63) is 89.9 Å². The second-order valence-electron chi connectivity index (χ2n) is 6.70. The highest BCUT2D eigenvalue weighted by Gasteiger charge is 2.13. The highest BCUT2D eigenvalue weighted by molar-refractivity contribution is 5.98. The van der Waals surface area contributed by atoms with Crippen LogP contribution in [0.3, 0.4) is 0 Å². The van der Waals surface area contributed by atoms with Gasteiger partial charge in [0.1, 0.15) is 11.4 Å². The zero-order chi connectivity index (χ0) is 21.6. The zero-order valence-electron chi connectivity index (χ0n) is 16.7. The van der Waals surface area contributed by atoms with E-state index < -0.39 is 11.8 Å². The molecule has 0 saturated heterocycles. The smallest absolute Gasteiger partial charge is 0.287 e. The van der Waals surface area contributed by atoms with Crippen LogP contribution in [0.25, 0.3) is 11.3 Å². The van der Waals surface area contributed by atoms with Gasteiger partial charge in [-0.15, -0.1) is 0 Å². The molecule has 2 amide bonds. The molecule has 0 saturated carbocycles. The number of hydrogen-bond acceptors (Lipinski definition) is 5. The molecule has 0 aliphatic heterocycles. The number of amides is 2. The number of aromatic nitrogens is 4. The average molecular weight is 416 g/mol. The molecule has 0 aliphatic rings. The van der Waals surface area contributed by atoms with Crippen LogP contribution in [0.2, 0.25) is 0 Å². The first-order chi connectivity index (χ1) is 15.1. The lowest BCUT2D eigenvalue weighted by molar-refractivity contribution is 0.0844. The van der Waals surface area contributed by atoms with E-state index in [9.17, 15) is 9.59 Å². The monoisotopic (exact) mass is 416 g/mol. The van der Waals surface area contributed by atoms with Gasteiger partial charge in [0.2, 0.25) is 0 Å². The normalized spacial score (nSPS) is 10.5. The van der Waals surface area contributed by atoms with Gasteiger partial charge in [0.15, 0.2) is 0 Å². The molecule has 0 bridgehead atoms. The number of hydrogen-bond donors (Lipinski definition) is 3. The Morgan fingerprint density at radius 2 is 1.77 bits per heavy atom. The van der Waals surface area contributed by atoms with Crippen LogP contribution < -0.4 is 15.6 Å². The Morgan fingerprint density at radius 1 is 1.03 bits per heavy atom. The van der Waals surface area contributed by atoms with Crippen molar-refractivity contribution < 1.29 is 14.3 Å². The molecule has 31 heavy (non-hydrogen) atoms. The number of rotatable bonds is 6. The Morgan fingerprint density at radius 3 is 2.45 bits per heavy atom. The molecule has 156 valence electrons. The summed E-state index contributed by atoms with van der Waals surface area (Å²) in [6.45, 7) is 0.613. The van der Waals surface area contributed by atoms with Crippen LogP contribution >= 0.6 is 0 Å². The molecule has 9 heteroatoms. The largest absolute Gasteiger partial charge is 0.497 e. The minimum absolute atomic E-state index is 0.223. The van der Waals surface area contributed by atoms with Gasteiger partial charge in [-0.05, 0) is 54.1 Å². The van der Waals surface area contributed by atoms with E-state index in [4.69, 9.17) is 4.74 Å². The first kappa shape index (κ1) is 19.9. The van der Waals surface area contributed by atoms with Crippen LogP contribution in [0.15, 0.2) is 73.1 Å². The maximum atomic E-state index is 12.3. The number of carbonyl (C=O) groups excluding carboxylic acids is 2. The average Bonchev–Trinajstić information content (AvgIpc) is 3.50. The fourth-order valence-electron chi connectivity index (χ4n) is 2.94. The van der Waals surface area contributed by atoms with Crippen molar-refractivity contribution >= 4 is 11.8 Å². The molecular weight excluding hydrogens is 396 g/mol. The second-order valence-corrected chi connectivity index (χ2v) is 6.70. The van der Waals surface area contributed by atoms with Crippen molar-refractivity contribution in [2.45, 2.75) is 6.54 Å². The molecule has 3 N–H and O–H groups in total. The predicted molar refractivity (Wildman–Crippen MR) is 113 cm³/mol. The van der Waals surface area contributed by atoms with Gasteiger partial charge in [0.25, 0.3) is 11.8 Å². The van der Waals surface area contributed by atoms with Gasteiger partial charge in [-0.3, -0.25) is 30.2 Å². The topological polar surface area (TPSA) is 114 Å². The predicted octanol–water partition coefficient (Wildman–Crippen LogP) is 2.40. The summed E-state index contributed by atoms with van der Waals surface area (Å²) in [7, 11) is 1.59. The fraction of sp³-hybridized carbons (Fsp3) is 0.0909. The van der Waals surface area contributed by atoms with Crippen molar-refractivity contribution in [2.24, 2.45) is 0 Å². The van der Waals surface area contributed by atoms with Crippen LogP contribution in [-0.4, -0.2) is 38.9 Å². The standard InChI is InChI=1S/C22H20N6O3/c1-31-18-9-7-16(8-10-18)19-13-20(25-24-19)22(30)27-26-21(29)17-5-3-15(4-6-17)14-28-12-2-11-23-28/h2-13H,14H2,1H3,(H,24,25)(H,26,29)(H,27,30). The second kappa shape index (κ2) is 8.95. The van der Waals surface area contributed by atoms with Crippen molar-refractivity contribution in [1.82, 2.24) is 30.8 Å². The van der Waals surface area contributed by atoms with Gasteiger partial charge in [-0.25, -0.2) is 0 Å². The summed E-state index contributed by atoms with van der Waals surface area (Å²) in [5.74, 6) is -0.195. The number of carbonyl (C=O) groups is 2. The Kier molecular flexibility index (Phi) is 5.75. The van der Waals surface area contributed by atoms with E-state index >= 15 is 0 Å². The Labute approximate surface area is 178 Å². The van der Waals surface area contributed by atoms with Gasteiger partial charge in [0, 0.05) is 23.5 Å². The number of nitrogens with one attached hydrogen (secondary N) is 3. The number of benzene rings is 2. The molecule has 2 aromatic carbocycles. The van der Waals surface area contributed by atoms with Gasteiger partial charge in [-0.1, -0.05) is 12.1 Å². The van der Waals surface area contributed by atoms with Gasteiger partial charge in [0.05, 0.1) is 19.3 Å². The number of nitrogens with zero attached hydrogens (tertiary/aromatic N) is 3. The van der Waals surface area contributed by atoms with E-state index in [2.05, 4.69) is 26.1 Å². The molecule has 0 aliphatic carbocycles. The van der Waals surface area contributed by atoms with Gasteiger partial charge in [-0.2, -0.15) is 10.2 Å². The van der Waals surface area contributed by atoms with E-state index in [1.165, 1.54) is 0 Å². The first-order valence-electron chi connectivity index (χ1n) is 9.49. The van der Waals surface area contributed by atoms with Gasteiger partial charge < -0.3 is 4.74 Å². The quantitative estimate of drug-likeness (QED) is 0.418. The summed E-state index contributed by atoms with van der Waals surface area (Å²) >= 11 is 0. The molecule has 0 atom stereocenters. The number of aromatic amines is 1. The molecule has 0 spiro atoms. The third-order valence-electron chi connectivity index (χ3n) is 4.62.